The van der Waals surface area contributed by atoms with Crippen molar-refractivity contribution in [3.63, 3.8) is 0 Å². The molecule has 0 bridgehead atoms. The van der Waals surface area contributed by atoms with Gasteiger partial charge in [0.05, 0.1) is 6.10 Å². The molecule has 1 amide bonds. The monoisotopic (exact) mass is 399 g/mol. The van der Waals surface area contributed by atoms with E-state index in [0.717, 1.165) is 45.4 Å². The molecule has 2 aliphatic rings. The predicted molar refractivity (Wildman–Crippen MR) is 107 cm³/mol. The van der Waals surface area contributed by atoms with E-state index >= 15 is 0 Å². The molecule has 4 heterocycles. The zero-order chi connectivity index (χ0) is 20.1. The minimum atomic E-state index is 0.146. The quantitative estimate of drug-likeness (QED) is 0.705. The van der Waals surface area contributed by atoms with Crippen molar-refractivity contribution in [3.8, 4) is 11.5 Å². The van der Waals surface area contributed by atoms with Crippen molar-refractivity contribution in [1.29, 1.82) is 0 Å². The van der Waals surface area contributed by atoms with Gasteiger partial charge in [-0.05, 0) is 58.0 Å². The SMILES string of the molecule is CN1CCC(N(CC2CCCO2)C(=O)CCc2nc(-c3ccccn3)no2)CC1. The molecule has 8 nitrogen and oxygen atoms in total. The first-order valence-corrected chi connectivity index (χ1v) is 10.5. The first-order valence-electron chi connectivity index (χ1n) is 10.5. The lowest BCUT2D eigenvalue weighted by Gasteiger charge is -2.38. The van der Waals surface area contributed by atoms with Gasteiger partial charge in [-0.1, -0.05) is 11.2 Å². The number of hydrogen-bond donors (Lipinski definition) is 0. The van der Waals surface area contributed by atoms with Crippen molar-refractivity contribution >= 4 is 5.91 Å². The van der Waals surface area contributed by atoms with Gasteiger partial charge in [-0.25, -0.2) is 0 Å². The summed E-state index contributed by atoms with van der Waals surface area (Å²) in [6.07, 6.45) is 6.80. The van der Waals surface area contributed by atoms with Gasteiger partial charge in [-0.2, -0.15) is 4.98 Å². The van der Waals surface area contributed by atoms with Crippen LogP contribution >= 0.6 is 0 Å². The third kappa shape index (κ3) is 5.19. The Morgan fingerprint density at radius 2 is 2.14 bits per heavy atom. The highest BCUT2D eigenvalue weighted by Gasteiger charge is 2.30. The molecule has 156 valence electrons. The maximum absolute atomic E-state index is 13.1. The van der Waals surface area contributed by atoms with Crippen LogP contribution in [0.25, 0.3) is 11.5 Å². The number of hydrogen-bond acceptors (Lipinski definition) is 7. The molecule has 2 aromatic heterocycles. The van der Waals surface area contributed by atoms with Crippen molar-refractivity contribution < 1.29 is 14.1 Å². The number of ether oxygens (including phenoxy) is 1. The summed E-state index contributed by atoms with van der Waals surface area (Å²) in [5.41, 5.74) is 0.667. The molecule has 2 aromatic rings. The Morgan fingerprint density at radius 3 is 2.86 bits per heavy atom. The number of amides is 1. The summed E-state index contributed by atoms with van der Waals surface area (Å²) >= 11 is 0. The Bertz CT molecular complexity index is 783. The van der Waals surface area contributed by atoms with E-state index in [-0.39, 0.29) is 18.1 Å². The highest BCUT2D eigenvalue weighted by atomic mass is 16.5. The molecular formula is C21H29N5O3. The van der Waals surface area contributed by atoms with Gasteiger partial charge >= 0.3 is 0 Å². The molecule has 2 saturated heterocycles. The fourth-order valence-electron chi connectivity index (χ4n) is 4.08. The Morgan fingerprint density at radius 1 is 1.28 bits per heavy atom. The zero-order valence-electron chi connectivity index (χ0n) is 17.0. The number of aryl methyl sites for hydroxylation is 1. The van der Waals surface area contributed by atoms with E-state index in [9.17, 15) is 4.79 Å². The molecule has 0 saturated carbocycles. The lowest BCUT2D eigenvalue weighted by Crippen LogP contribution is -2.49. The Kier molecular flexibility index (Phi) is 6.51. The average molecular weight is 399 g/mol. The van der Waals surface area contributed by atoms with Crippen LogP contribution in [0, 0.1) is 0 Å². The number of carbonyl (C=O) groups excluding carboxylic acids is 1. The molecule has 0 aliphatic carbocycles. The molecule has 0 spiro atoms. The van der Waals surface area contributed by atoms with Gasteiger partial charge in [0, 0.05) is 38.2 Å². The van der Waals surface area contributed by atoms with E-state index in [1.54, 1.807) is 6.20 Å². The number of likely N-dealkylation sites (tertiary alicyclic amines) is 1. The minimum Gasteiger partial charge on any atom is -0.376 e. The van der Waals surface area contributed by atoms with E-state index in [1.165, 1.54) is 0 Å². The summed E-state index contributed by atoms with van der Waals surface area (Å²) < 4.78 is 11.1. The van der Waals surface area contributed by atoms with Crippen LogP contribution < -0.4 is 0 Å². The summed E-state index contributed by atoms with van der Waals surface area (Å²) in [7, 11) is 2.14. The summed E-state index contributed by atoms with van der Waals surface area (Å²) in [5.74, 6) is 1.08. The smallest absolute Gasteiger partial charge is 0.227 e. The lowest BCUT2D eigenvalue weighted by molar-refractivity contribution is -0.136. The summed E-state index contributed by atoms with van der Waals surface area (Å²) in [5, 5.41) is 3.99. The average Bonchev–Trinajstić information content (AvgIpc) is 3.44. The molecule has 29 heavy (non-hydrogen) atoms. The molecule has 2 fully saturated rings. The maximum atomic E-state index is 13.1. The Labute approximate surface area is 171 Å². The van der Waals surface area contributed by atoms with Crippen LogP contribution in [0.3, 0.4) is 0 Å². The van der Waals surface area contributed by atoms with Crippen molar-refractivity contribution in [3.05, 3.63) is 30.3 Å². The van der Waals surface area contributed by atoms with Crippen LogP contribution in [0.4, 0.5) is 0 Å². The molecule has 0 N–H and O–H groups in total. The number of nitrogens with zero attached hydrogens (tertiary/aromatic N) is 5. The standard InChI is InChI=1S/C21H29N5O3/c1-25-12-9-16(10-13-25)26(15-17-5-4-14-28-17)20(27)8-7-19-23-21(24-29-19)18-6-2-3-11-22-18/h2-3,6,11,16-17H,4-5,7-10,12-15H2,1H3. The van der Waals surface area contributed by atoms with Crippen molar-refractivity contribution in [2.24, 2.45) is 0 Å². The van der Waals surface area contributed by atoms with Crippen molar-refractivity contribution in [1.82, 2.24) is 24.9 Å². The van der Waals surface area contributed by atoms with Gasteiger partial charge in [0.15, 0.2) is 0 Å². The van der Waals surface area contributed by atoms with Crippen molar-refractivity contribution in [2.45, 2.75) is 50.7 Å². The molecule has 1 atom stereocenters. The van der Waals surface area contributed by atoms with E-state index in [0.29, 0.717) is 36.8 Å². The van der Waals surface area contributed by atoms with Crippen LogP contribution in [0.15, 0.2) is 28.9 Å². The topological polar surface area (TPSA) is 84.6 Å². The van der Waals surface area contributed by atoms with Crippen LogP contribution in [-0.4, -0.2) is 76.3 Å². The normalized spacial score (nSPS) is 20.8. The van der Waals surface area contributed by atoms with E-state index in [4.69, 9.17) is 9.26 Å². The number of aromatic nitrogens is 3. The molecular weight excluding hydrogens is 370 g/mol. The molecule has 4 rings (SSSR count). The fraction of sp³-hybridized carbons (Fsp3) is 0.619. The molecule has 2 aliphatic heterocycles. The second-order valence-corrected chi connectivity index (χ2v) is 7.94. The van der Waals surface area contributed by atoms with Crippen LogP contribution in [-0.2, 0) is 16.0 Å². The third-order valence-corrected chi connectivity index (χ3v) is 5.79. The molecule has 8 heteroatoms. The van der Waals surface area contributed by atoms with E-state index in [2.05, 4.69) is 32.0 Å². The maximum Gasteiger partial charge on any atom is 0.227 e. The Hall–Kier alpha value is -2.32. The lowest BCUT2D eigenvalue weighted by atomic mass is 10.0. The van der Waals surface area contributed by atoms with Crippen LogP contribution in [0.2, 0.25) is 0 Å². The number of pyridine rings is 1. The van der Waals surface area contributed by atoms with Crippen molar-refractivity contribution in [2.75, 3.05) is 33.3 Å². The fourth-order valence-corrected chi connectivity index (χ4v) is 4.08. The summed E-state index contributed by atoms with van der Waals surface area (Å²) in [6, 6.07) is 5.85. The zero-order valence-corrected chi connectivity index (χ0v) is 17.0. The van der Waals surface area contributed by atoms with Gasteiger partial charge < -0.3 is 19.1 Å². The first kappa shape index (κ1) is 20.0. The highest BCUT2D eigenvalue weighted by Crippen LogP contribution is 2.21. The number of piperidine rings is 1. The van der Waals surface area contributed by atoms with Gasteiger partial charge in [0.2, 0.25) is 17.6 Å². The number of carbonyl (C=O) groups is 1. The van der Waals surface area contributed by atoms with Gasteiger partial charge in [-0.15, -0.1) is 0 Å². The largest absolute Gasteiger partial charge is 0.376 e. The van der Waals surface area contributed by atoms with Gasteiger partial charge in [0.1, 0.15) is 5.69 Å². The summed E-state index contributed by atoms with van der Waals surface area (Å²) in [6.45, 7) is 3.54. The van der Waals surface area contributed by atoms with Crippen LogP contribution in [0.1, 0.15) is 38.0 Å². The van der Waals surface area contributed by atoms with Gasteiger partial charge in [-0.3, -0.25) is 9.78 Å². The predicted octanol–water partition coefficient (Wildman–Crippen LogP) is 2.17. The minimum absolute atomic E-state index is 0.146. The van der Waals surface area contributed by atoms with Crippen LogP contribution in [0.5, 0.6) is 0 Å². The Balaban J connectivity index is 1.37. The second-order valence-electron chi connectivity index (χ2n) is 7.94. The second kappa shape index (κ2) is 9.45. The first-order chi connectivity index (χ1) is 14.2. The third-order valence-electron chi connectivity index (χ3n) is 5.79. The molecule has 1 unspecified atom stereocenters. The summed E-state index contributed by atoms with van der Waals surface area (Å²) in [4.78, 5) is 26.1. The molecule has 0 radical (unpaired) electrons. The highest BCUT2D eigenvalue weighted by molar-refractivity contribution is 5.76. The number of rotatable bonds is 7. The van der Waals surface area contributed by atoms with E-state index in [1.807, 2.05) is 18.2 Å². The van der Waals surface area contributed by atoms with Gasteiger partial charge in [0.25, 0.3) is 0 Å². The van der Waals surface area contributed by atoms with E-state index < -0.39 is 0 Å². The molecule has 0 aromatic carbocycles.